The fourth-order valence-corrected chi connectivity index (χ4v) is 5.18. The topological polar surface area (TPSA) is 95.6 Å². The molecule has 1 unspecified atom stereocenters. The van der Waals surface area contributed by atoms with Gasteiger partial charge in [0.15, 0.2) is 0 Å². The molecule has 2 N–H and O–H groups in total. The lowest BCUT2D eigenvalue weighted by molar-refractivity contribution is -0.131. The molecule has 2 amide bonds. The first kappa shape index (κ1) is 23.9. The van der Waals surface area contributed by atoms with Crippen LogP contribution < -0.4 is 10.6 Å². The third kappa shape index (κ3) is 6.14. The number of carbonyl (C=O) groups is 2. The third-order valence-corrected chi connectivity index (χ3v) is 7.39. The minimum atomic E-state index is -3.82. The van der Waals surface area contributed by atoms with Crippen molar-refractivity contribution in [3.05, 3.63) is 66.0 Å². The number of benzene rings is 2. The van der Waals surface area contributed by atoms with Gasteiger partial charge in [-0.25, -0.2) is 12.8 Å². The number of piperidine rings is 1. The Morgan fingerprint density at radius 2 is 1.81 bits per heavy atom. The average Bonchev–Trinajstić information content (AvgIpc) is 2.80. The number of halogens is 1. The van der Waals surface area contributed by atoms with E-state index >= 15 is 0 Å². The minimum Gasteiger partial charge on any atom is -0.354 e. The lowest BCUT2D eigenvalue weighted by atomic mass is 9.98. The Morgan fingerprint density at radius 1 is 1.12 bits per heavy atom. The highest BCUT2D eigenvalue weighted by Gasteiger charge is 2.34. The highest BCUT2D eigenvalue weighted by molar-refractivity contribution is 7.89. The Balaban J connectivity index is 1.51. The number of nitrogens with one attached hydrogen (secondary N) is 2. The first-order chi connectivity index (χ1) is 15.3. The monoisotopic (exact) mass is 461 g/mol. The van der Waals surface area contributed by atoms with Crippen LogP contribution in [0.1, 0.15) is 25.3 Å². The van der Waals surface area contributed by atoms with Crippen LogP contribution in [0.25, 0.3) is 0 Å². The average molecular weight is 462 g/mol. The quantitative estimate of drug-likeness (QED) is 0.629. The predicted octanol–water partition coefficient (Wildman–Crippen LogP) is 2.09. The lowest BCUT2D eigenvalue weighted by Crippen LogP contribution is -2.50. The molecule has 1 aliphatic heterocycles. The van der Waals surface area contributed by atoms with E-state index in [2.05, 4.69) is 10.6 Å². The van der Waals surface area contributed by atoms with E-state index in [1.165, 1.54) is 16.4 Å². The third-order valence-electron chi connectivity index (χ3n) is 5.51. The Kier molecular flexibility index (Phi) is 7.98. The van der Waals surface area contributed by atoms with Crippen molar-refractivity contribution >= 4 is 21.8 Å². The summed E-state index contributed by atoms with van der Waals surface area (Å²) in [5.41, 5.74) is 1.11. The lowest BCUT2D eigenvalue weighted by Gasteiger charge is -2.31. The number of hydrogen-bond donors (Lipinski definition) is 2. The number of rotatable bonds is 8. The summed E-state index contributed by atoms with van der Waals surface area (Å²) in [6, 6.07) is 13.6. The summed E-state index contributed by atoms with van der Waals surface area (Å²) < 4.78 is 40.1. The largest absolute Gasteiger partial charge is 0.354 e. The van der Waals surface area contributed by atoms with Crippen molar-refractivity contribution in [2.24, 2.45) is 5.92 Å². The highest BCUT2D eigenvalue weighted by atomic mass is 32.2. The molecule has 2 aromatic carbocycles. The standard InChI is InChI=1S/C23H28FN3O4S/c1-17(22(28)25-14-13-18-6-3-2-4-7-18)26-23(29)19-8-5-15-27(16-19)32(30,31)21-11-9-20(24)10-12-21/h2-4,6-7,9-12,17,19H,5,8,13-16H2,1H3,(H,25,28)(H,26,29)/t17-,19?/m0/s1. The van der Waals surface area contributed by atoms with Crippen molar-refractivity contribution in [3.63, 3.8) is 0 Å². The molecule has 1 saturated heterocycles. The van der Waals surface area contributed by atoms with E-state index in [0.717, 1.165) is 17.7 Å². The SMILES string of the molecule is C[C@H](NC(=O)C1CCCN(S(=O)(=O)c2ccc(F)cc2)C1)C(=O)NCCc1ccccc1. The number of sulfonamides is 1. The number of nitrogens with zero attached hydrogens (tertiary/aromatic N) is 1. The van der Waals surface area contributed by atoms with Crippen molar-refractivity contribution in [3.8, 4) is 0 Å². The molecule has 3 rings (SSSR count). The van der Waals surface area contributed by atoms with Crippen molar-refractivity contribution in [1.29, 1.82) is 0 Å². The summed E-state index contributed by atoms with van der Waals surface area (Å²) >= 11 is 0. The Bertz CT molecular complexity index is 1030. The fraction of sp³-hybridized carbons (Fsp3) is 0.391. The van der Waals surface area contributed by atoms with E-state index in [1.807, 2.05) is 30.3 Å². The second kappa shape index (κ2) is 10.7. The highest BCUT2D eigenvalue weighted by Crippen LogP contribution is 2.24. The summed E-state index contributed by atoms with van der Waals surface area (Å²) in [5, 5.41) is 5.50. The number of carbonyl (C=O) groups excluding carboxylic acids is 2. The van der Waals surface area contributed by atoms with Crippen LogP contribution in [0.4, 0.5) is 4.39 Å². The minimum absolute atomic E-state index is 0.00822. The van der Waals surface area contributed by atoms with E-state index in [-0.39, 0.29) is 23.3 Å². The molecule has 0 saturated carbocycles. The van der Waals surface area contributed by atoms with Crippen LogP contribution in [0, 0.1) is 11.7 Å². The number of amides is 2. The zero-order valence-corrected chi connectivity index (χ0v) is 18.8. The van der Waals surface area contributed by atoms with Crippen LogP contribution in [-0.4, -0.2) is 50.2 Å². The molecule has 1 heterocycles. The second-order valence-corrected chi connectivity index (χ2v) is 9.85. The molecule has 1 aliphatic rings. The molecular formula is C23H28FN3O4S. The van der Waals surface area contributed by atoms with Gasteiger partial charge in [0.25, 0.3) is 0 Å². The van der Waals surface area contributed by atoms with Gasteiger partial charge in [0, 0.05) is 19.6 Å². The molecule has 1 fully saturated rings. The molecule has 0 aromatic heterocycles. The first-order valence-corrected chi connectivity index (χ1v) is 12.1. The number of hydrogen-bond acceptors (Lipinski definition) is 4. The van der Waals surface area contributed by atoms with Gasteiger partial charge in [-0.05, 0) is 56.0 Å². The summed E-state index contributed by atoms with van der Waals surface area (Å²) in [5.74, 6) is -1.72. The Labute approximate surface area is 188 Å². The van der Waals surface area contributed by atoms with Gasteiger partial charge >= 0.3 is 0 Å². The first-order valence-electron chi connectivity index (χ1n) is 10.6. The van der Waals surface area contributed by atoms with E-state index in [9.17, 15) is 22.4 Å². The maximum atomic E-state index is 13.1. The van der Waals surface area contributed by atoms with Crippen LogP contribution in [0.5, 0.6) is 0 Å². The molecule has 9 heteroatoms. The normalized spacial score (nSPS) is 18.0. The molecule has 0 bridgehead atoms. The van der Waals surface area contributed by atoms with Crippen LogP contribution in [0.15, 0.2) is 59.5 Å². The molecule has 0 aliphatic carbocycles. The zero-order chi connectivity index (χ0) is 23.1. The Hall–Kier alpha value is -2.78. The van der Waals surface area contributed by atoms with Gasteiger partial charge < -0.3 is 10.6 Å². The molecule has 2 aromatic rings. The van der Waals surface area contributed by atoms with E-state index in [0.29, 0.717) is 32.4 Å². The van der Waals surface area contributed by atoms with Gasteiger partial charge in [-0.2, -0.15) is 4.31 Å². The smallest absolute Gasteiger partial charge is 0.243 e. The van der Waals surface area contributed by atoms with Gasteiger partial charge in [0.1, 0.15) is 11.9 Å². The van der Waals surface area contributed by atoms with Crippen molar-refractivity contribution < 1.29 is 22.4 Å². The molecule has 32 heavy (non-hydrogen) atoms. The molecule has 0 radical (unpaired) electrons. The van der Waals surface area contributed by atoms with Crippen LogP contribution >= 0.6 is 0 Å². The summed E-state index contributed by atoms with van der Waals surface area (Å²) in [4.78, 5) is 25.0. The maximum Gasteiger partial charge on any atom is 0.243 e. The maximum absolute atomic E-state index is 13.1. The molecule has 2 atom stereocenters. The van der Waals surface area contributed by atoms with Crippen molar-refractivity contribution in [2.45, 2.75) is 37.1 Å². The van der Waals surface area contributed by atoms with Gasteiger partial charge in [0.2, 0.25) is 21.8 Å². The van der Waals surface area contributed by atoms with Gasteiger partial charge in [-0.3, -0.25) is 9.59 Å². The van der Waals surface area contributed by atoms with E-state index in [4.69, 9.17) is 0 Å². The summed E-state index contributed by atoms with van der Waals surface area (Å²) in [6.07, 6.45) is 1.74. The van der Waals surface area contributed by atoms with Crippen molar-refractivity contribution in [2.75, 3.05) is 19.6 Å². The molecule has 7 nitrogen and oxygen atoms in total. The predicted molar refractivity (Wildman–Crippen MR) is 119 cm³/mol. The molecule has 0 spiro atoms. The van der Waals surface area contributed by atoms with Gasteiger partial charge in [-0.1, -0.05) is 30.3 Å². The second-order valence-electron chi connectivity index (χ2n) is 7.91. The Morgan fingerprint density at radius 3 is 2.50 bits per heavy atom. The van der Waals surface area contributed by atoms with Crippen molar-refractivity contribution in [1.82, 2.24) is 14.9 Å². The summed E-state index contributed by atoms with van der Waals surface area (Å²) in [6.45, 7) is 2.37. The van der Waals surface area contributed by atoms with Crippen LogP contribution in [-0.2, 0) is 26.0 Å². The van der Waals surface area contributed by atoms with Gasteiger partial charge in [0.05, 0.1) is 10.8 Å². The van der Waals surface area contributed by atoms with Crippen LogP contribution in [0.3, 0.4) is 0 Å². The molecule has 172 valence electrons. The van der Waals surface area contributed by atoms with Crippen LogP contribution in [0.2, 0.25) is 0 Å². The molecular weight excluding hydrogens is 433 g/mol. The fourth-order valence-electron chi connectivity index (χ4n) is 3.65. The van der Waals surface area contributed by atoms with E-state index < -0.39 is 27.8 Å². The van der Waals surface area contributed by atoms with E-state index in [1.54, 1.807) is 6.92 Å². The zero-order valence-electron chi connectivity index (χ0n) is 18.0. The van der Waals surface area contributed by atoms with Gasteiger partial charge in [-0.15, -0.1) is 0 Å². The summed E-state index contributed by atoms with van der Waals surface area (Å²) in [7, 11) is -3.82.